The van der Waals surface area contributed by atoms with E-state index < -0.39 is 0 Å². The summed E-state index contributed by atoms with van der Waals surface area (Å²) < 4.78 is 6.56. The van der Waals surface area contributed by atoms with Crippen LogP contribution >= 0.6 is 15.9 Å². The molecule has 4 heteroatoms. The fourth-order valence-corrected chi connectivity index (χ4v) is 2.38. The van der Waals surface area contributed by atoms with Crippen molar-refractivity contribution in [1.29, 1.82) is 0 Å². The first kappa shape index (κ1) is 13.3. The molecule has 1 heterocycles. The fraction of sp³-hybridized carbons (Fsp3) is 0.286. The molecule has 2 N–H and O–H groups in total. The largest absolute Gasteiger partial charge is 0.468 e. The monoisotopic (exact) mass is 308 g/mol. The summed E-state index contributed by atoms with van der Waals surface area (Å²) in [7, 11) is 2.07. The summed E-state index contributed by atoms with van der Waals surface area (Å²) in [5.74, 6) is 0.954. The summed E-state index contributed by atoms with van der Waals surface area (Å²) >= 11 is 3.48. The Hall–Kier alpha value is -1.10. The number of nitrogens with zero attached hydrogens (tertiary/aromatic N) is 1. The van der Waals surface area contributed by atoms with Gasteiger partial charge >= 0.3 is 0 Å². The van der Waals surface area contributed by atoms with Crippen molar-refractivity contribution in [2.24, 2.45) is 5.73 Å². The number of hydrogen-bond acceptors (Lipinski definition) is 3. The minimum Gasteiger partial charge on any atom is -0.468 e. The van der Waals surface area contributed by atoms with Gasteiger partial charge in [0.1, 0.15) is 5.76 Å². The molecule has 0 aliphatic carbocycles. The van der Waals surface area contributed by atoms with E-state index in [4.69, 9.17) is 10.2 Å². The van der Waals surface area contributed by atoms with Crippen LogP contribution in [0.2, 0.25) is 0 Å². The van der Waals surface area contributed by atoms with Gasteiger partial charge in [0.2, 0.25) is 0 Å². The third kappa shape index (κ3) is 3.45. The second kappa shape index (κ2) is 6.18. The highest BCUT2D eigenvalue weighted by molar-refractivity contribution is 9.10. The molecular formula is C14H17BrN2O. The molecule has 0 saturated carbocycles. The Kier molecular flexibility index (Phi) is 4.58. The van der Waals surface area contributed by atoms with Crippen LogP contribution in [0.5, 0.6) is 0 Å². The zero-order valence-corrected chi connectivity index (χ0v) is 12.0. The smallest absolute Gasteiger partial charge is 0.122 e. The van der Waals surface area contributed by atoms with Crippen molar-refractivity contribution in [3.63, 3.8) is 0 Å². The predicted molar refractivity (Wildman–Crippen MR) is 75.9 cm³/mol. The molecule has 0 fully saturated rings. The first-order valence-electron chi connectivity index (χ1n) is 5.87. The van der Waals surface area contributed by atoms with Crippen LogP contribution in [0.3, 0.4) is 0 Å². The van der Waals surface area contributed by atoms with Gasteiger partial charge in [-0.25, -0.2) is 0 Å². The molecule has 3 nitrogen and oxygen atoms in total. The first-order chi connectivity index (χ1) is 8.69. The van der Waals surface area contributed by atoms with Crippen molar-refractivity contribution in [2.45, 2.75) is 19.6 Å². The maximum atomic E-state index is 5.66. The van der Waals surface area contributed by atoms with Crippen LogP contribution in [0.4, 0.5) is 0 Å². The van der Waals surface area contributed by atoms with E-state index in [1.807, 2.05) is 18.2 Å². The van der Waals surface area contributed by atoms with Gasteiger partial charge < -0.3 is 10.2 Å². The average molecular weight is 309 g/mol. The van der Waals surface area contributed by atoms with E-state index in [9.17, 15) is 0 Å². The van der Waals surface area contributed by atoms with Gasteiger partial charge in [-0.2, -0.15) is 0 Å². The Labute approximate surface area is 116 Å². The molecule has 0 saturated heterocycles. The van der Waals surface area contributed by atoms with Crippen molar-refractivity contribution in [3.05, 3.63) is 58.0 Å². The Balaban J connectivity index is 1.98. The summed E-state index contributed by atoms with van der Waals surface area (Å²) in [5, 5.41) is 0. The molecule has 2 rings (SSSR count). The molecule has 96 valence electrons. The SMILES string of the molecule is CN(Cc1cccc(Br)c1)Cc1occc1CN. The third-order valence-corrected chi connectivity index (χ3v) is 3.31. The lowest BCUT2D eigenvalue weighted by Gasteiger charge is -2.16. The maximum absolute atomic E-state index is 5.66. The highest BCUT2D eigenvalue weighted by atomic mass is 79.9. The molecule has 0 aliphatic rings. The number of rotatable bonds is 5. The molecule has 0 bridgehead atoms. The van der Waals surface area contributed by atoms with Gasteiger partial charge in [-0.05, 0) is 30.8 Å². The van der Waals surface area contributed by atoms with Crippen molar-refractivity contribution in [1.82, 2.24) is 4.90 Å². The Morgan fingerprint density at radius 1 is 1.28 bits per heavy atom. The molecular weight excluding hydrogens is 292 g/mol. The van der Waals surface area contributed by atoms with Gasteiger partial charge in [-0.3, -0.25) is 4.90 Å². The minimum absolute atomic E-state index is 0.524. The fourth-order valence-electron chi connectivity index (χ4n) is 1.94. The van der Waals surface area contributed by atoms with Crippen molar-refractivity contribution in [3.8, 4) is 0 Å². The molecule has 0 unspecified atom stereocenters. The first-order valence-corrected chi connectivity index (χ1v) is 6.66. The van der Waals surface area contributed by atoms with Gasteiger partial charge in [0, 0.05) is 23.1 Å². The van der Waals surface area contributed by atoms with E-state index in [1.54, 1.807) is 6.26 Å². The van der Waals surface area contributed by atoms with Crippen LogP contribution in [0.25, 0.3) is 0 Å². The molecule has 0 radical (unpaired) electrons. The third-order valence-electron chi connectivity index (χ3n) is 2.81. The average Bonchev–Trinajstić information content (AvgIpc) is 2.76. The minimum atomic E-state index is 0.524. The van der Waals surface area contributed by atoms with Crippen molar-refractivity contribution >= 4 is 15.9 Å². The zero-order valence-electron chi connectivity index (χ0n) is 10.4. The van der Waals surface area contributed by atoms with Gasteiger partial charge in [0.05, 0.1) is 12.8 Å². The second-order valence-corrected chi connectivity index (χ2v) is 5.29. The number of halogens is 1. The molecule has 0 spiro atoms. The van der Waals surface area contributed by atoms with Gasteiger partial charge in [0.15, 0.2) is 0 Å². The second-order valence-electron chi connectivity index (χ2n) is 4.38. The van der Waals surface area contributed by atoms with Crippen molar-refractivity contribution < 1.29 is 4.42 Å². The van der Waals surface area contributed by atoms with Gasteiger partial charge in [-0.15, -0.1) is 0 Å². The van der Waals surface area contributed by atoms with E-state index in [0.717, 1.165) is 28.9 Å². The molecule has 0 aliphatic heterocycles. The molecule has 0 atom stereocenters. The predicted octanol–water partition coefficient (Wildman–Crippen LogP) is 3.13. The summed E-state index contributed by atoms with van der Waals surface area (Å²) in [6, 6.07) is 10.3. The van der Waals surface area contributed by atoms with E-state index in [-0.39, 0.29) is 0 Å². The Morgan fingerprint density at radius 3 is 2.83 bits per heavy atom. The van der Waals surface area contributed by atoms with Gasteiger partial charge in [-0.1, -0.05) is 28.1 Å². The molecule has 18 heavy (non-hydrogen) atoms. The molecule has 1 aromatic heterocycles. The van der Waals surface area contributed by atoms with Gasteiger partial charge in [0.25, 0.3) is 0 Å². The lowest BCUT2D eigenvalue weighted by Crippen LogP contribution is -2.18. The summed E-state index contributed by atoms with van der Waals surface area (Å²) in [4.78, 5) is 2.21. The highest BCUT2D eigenvalue weighted by Gasteiger charge is 2.08. The molecule has 2 aromatic rings. The lowest BCUT2D eigenvalue weighted by molar-refractivity contribution is 0.286. The van der Waals surface area contributed by atoms with E-state index >= 15 is 0 Å². The van der Waals surface area contributed by atoms with E-state index in [0.29, 0.717) is 6.54 Å². The van der Waals surface area contributed by atoms with Crippen LogP contribution in [-0.2, 0) is 19.6 Å². The van der Waals surface area contributed by atoms with Crippen molar-refractivity contribution in [2.75, 3.05) is 7.05 Å². The number of benzene rings is 1. The number of hydrogen-bond donors (Lipinski definition) is 1. The number of furan rings is 1. The van der Waals surface area contributed by atoms with E-state index in [2.05, 4.69) is 40.0 Å². The summed E-state index contributed by atoms with van der Waals surface area (Å²) in [6.07, 6.45) is 1.70. The lowest BCUT2D eigenvalue weighted by atomic mass is 10.2. The van der Waals surface area contributed by atoms with Crippen LogP contribution in [0.1, 0.15) is 16.9 Å². The van der Waals surface area contributed by atoms with Crippen LogP contribution in [0.15, 0.2) is 45.5 Å². The Bertz CT molecular complexity index is 510. The van der Waals surface area contributed by atoms with Crippen LogP contribution in [0, 0.1) is 0 Å². The van der Waals surface area contributed by atoms with E-state index in [1.165, 1.54) is 5.56 Å². The quantitative estimate of drug-likeness (QED) is 0.922. The van der Waals surface area contributed by atoms with Crippen LogP contribution in [-0.4, -0.2) is 11.9 Å². The standard InChI is InChI=1S/C14H17BrN2O/c1-17(9-11-3-2-4-13(15)7-11)10-14-12(8-16)5-6-18-14/h2-7H,8-10,16H2,1H3. The zero-order chi connectivity index (χ0) is 13.0. The number of nitrogens with two attached hydrogens (primary N) is 1. The molecule has 0 amide bonds. The maximum Gasteiger partial charge on any atom is 0.122 e. The summed E-state index contributed by atoms with van der Waals surface area (Å²) in [6.45, 7) is 2.17. The molecule has 1 aromatic carbocycles. The summed E-state index contributed by atoms with van der Waals surface area (Å²) in [5.41, 5.74) is 8.01. The normalized spacial score (nSPS) is 11.1. The van der Waals surface area contributed by atoms with Crippen LogP contribution < -0.4 is 5.73 Å². The topological polar surface area (TPSA) is 42.4 Å². The Morgan fingerprint density at radius 2 is 2.11 bits per heavy atom. The highest BCUT2D eigenvalue weighted by Crippen LogP contribution is 2.16.